The van der Waals surface area contributed by atoms with Crippen LogP contribution in [0.2, 0.25) is 0 Å². The summed E-state index contributed by atoms with van der Waals surface area (Å²) < 4.78 is 1.21. The summed E-state index contributed by atoms with van der Waals surface area (Å²) in [4.78, 5) is 28.6. The summed E-state index contributed by atoms with van der Waals surface area (Å²) in [7, 11) is 1.59. The second-order valence-electron chi connectivity index (χ2n) is 6.06. The van der Waals surface area contributed by atoms with E-state index >= 15 is 0 Å². The summed E-state index contributed by atoms with van der Waals surface area (Å²) in [5.74, 6) is 1.36. The third-order valence-corrected chi connectivity index (χ3v) is 4.26. The van der Waals surface area contributed by atoms with Crippen molar-refractivity contribution >= 4 is 11.8 Å². The summed E-state index contributed by atoms with van der Waals surface area (Å²) in [5.41, 5.74) is -0.342. The maximum atomic E-state index is 11.4. The van der Waals surface area contributed by atoms with Crippen molar-refractivity contribution in [3.8, 4) is 0 Å². The number of nitrogens with one attached hydrogen (secondary N) is 1. The van der Waals surface area contributed by atoms with Crippen molar-refractivity contribution in [1.29, 1.82) is 0 Å². The Morgan fingerprint density at radius 2 is 1.88 bits per heavy atom. The molecular weight excluding hydrogens is 320 g/mol. The van der Waals surface area contributed by atoms with Gasteiger partial charge in [-0.15, -0.1) is 0 Å². The SMILES string of the molecule is Cn1ncc(NCCCCN2CCN(c3ncccn3)CC2)nc1=O. The molecule has 2 aromatic rings. The van der Waals surface area contributed by atoms with Crippen molar-refractivity contribution in [2.24, 2.45) is 7.05 Å². The monoisotopic (exact) mass is 344 g/mol. The average Bonchev–Trinajstić information content (AvgIpc) is 2.65. The molecule has 1 aliphatic heterocycles. The second-order valence-corrected chi connectivity index (χ2v) is 6.06. The van der Waals surface area contributed by atoms with Gasteiger partial charge >= 0.3 is 5.69 Å². The molecular formula is C16H24N8O. The molecule has 0 aromatic carbocycles. The summed E-state index contributed by atoms with van der Waals surface area (Å²) in [5, 5.41) is 7.09. The third-order valence-electron chi connectivity index (χ3n) is 4.26. The van der Waals surface area contributed by atoms with Crippen molar-refractivity contribution in [3.05, 3.63) is 35.1 Å². The summed E-state index contributed by atoms with van der Waals surface area (Å²) in [6.45, 7) is 5.86. The lowest BCUT2D eigenvalue weighted by atomic mass is 10.2. The second kappa shape index (κ2) is 8.52. The van der Waals surface area contributed by atoms with Crippen LogP contribution in [0.1, 0.15) is 12.8 Å². The number of hydrogen-bond acceptors (Lipinski definition) is 8. The lowest BCUT2D eigenvalue weighted by Gasteiger charge is -2.34. The van der Waals surface area contributed by atoms with Crippen LogP contribution in [0.4, 0.5) is 11.8 Å². The number of rotatable bonds is 7. The molecule has 0 radical (unpaired) electrons. The molecule has 0 aliphatic carbocycles. The van der Waals surface area contributed by atoms with E-state index in [2.05, 4.69) is 35.2 Å². The van der Waals surface area contributed by atoms with Gasteiger partial charge < -0.3 is 10.2 Å². The maximum Gasteiger partial charge on any atom is 0.365 e. The number of anilines is 2. The quantitative estimate of drug-likeness (QED) is 0.701. The number of hydrogen-bond donors (Lipinski definition) is 1. The number of aryl methyl sites for hydroxylation is 1. The fourth-order valence-corrected chi connectivity index (χ4v) is 2.78. The van der Waals surface area contributed by atoms with E-state index < -0.39 is 0 Å². The van der Waals surface area contributed by atoms with E-state index in [4.69, 9.17) is 0 Å². The highest BCUT2D eigenvalue weighted by molar-refractivity contribution is 5.29. The van der Waals surface area contributed by atoms with Crippen LogP contribution in [0.25, 0.3) is 0 Å². The van der Waals surface area contributed by atoms with Crippen LogP contribution in [-0.4, -0.2) is 68.9 Å². The number of aromatic nitrogens is 5. The Morgan fingerprint density at radius 3 is 2.60 bits per heavy atom. The van der Waals surface area contributed by atoms with Crippen molar-refractivity contribution in [1.82, 2.24) is 29.6 Å². The number of piperazine rings is 1. The van der Waals surface area contributed by atoms with Crippen LogP contribution in [0.5, 0.6) is 0 Å². The molecule has 3 heterocycles. The normalized spacial score (nSPS) is 15.3. The topological polar surface area (TPSA) is 92.1 Å². The molecule has 134 valence electrons. The minimum Gasteiger partial charge on any atom is -0.369 e. The molecule has 9 nitrogen and oxygen atoms in total. The van der Waals surface area contributed by atoms with Gasteiger partial charge in [-0.05, 0) is 25.5 Å². The molecule has 0 amide bonds. The van der Waals surface area contributed by atoms with E-state index in [1.807, 2.05) is 6.07 Å². The first-order chi connectivity index (χ1) is 12.2. The highest BCUT2D eigenvalue weighted by Gasteiger charge is 2.17. The number of nitrogens with zero attached hydrogens (tertiary/aromatic N) is 7. The molecule has 1 aliphatic rings. The molecule has 25 heavy (non-hydrogen) atoms. The van der Waals surface area contributed by atoms with Crippen LogP contribution < -0.4 is 15.9 Å². The van der Waals surface area contributed by atoms with Crippen LogP contribution in [0.3, 0.4) is 0 Å². The zero-order chi connectivity index (χ0) is 17.5. The van der Waals surface area contributed by atoms with Gasteiger partial charge in [0, 0.05) is 52.2 Å². The molecule has 0 bridgehead atoms. The van der Waals surface area contributed by atoms with Gasteiger partial charge in [-0.1, -0.05) is 0 Å². The Balaban J connectivity index is 1.31. The largest absolute Gasteiger partial charge is 0.369 e. The highest BCUT2D eigenvalue weighted by atomic mass is 16.1. The van der Waals surface area contributed by atoms with E-state index in [9.17, 15) is 4.79 Å². The van der Waals surface area contributed by atoms with E-state index in [1.165, 1.54) is 4.68 Å². The molecule has 1 saturated heterocycles. The van der Waals surface area contributed by atoms with E-state index in [1.54, 1.807) is 25.6 Å². The maximum absolute atomic E-state index is 11.4. The van der Waals surface area contributed by atoms with E-state index in [0.29, 0.717) is 5.82 Å². The first-order valence-electron chi connectivity index (χ1n) is 8.61. The molecule has 0 saturated carbocycles. The fraction of sp³-hybridized carbons (Fsp3) is 0.562. The Morgan fingerprint density at radius 1 is 1.12 bits per heavy atom. The lowest BCUT2D eigenvalue weighted by molar-refractivity contribution is 0.252. The molecule has 3 rings (SSSR count). The predicted molar refractivity (Wildman–Crippen MR) is 95.7 cm³/mol. The summed E-state index contributed by atoms with van der Waals surface area (Å²) >= 11 is 0. The van der Waals surface area contributed by atoms with Gasteiger partial charge in [0.25, 0.3) is 0 Å². The first-order valence-corrected chi connectivity index (χ1v) is 8.61. The first kappa shape index (κ1) is 17.3. The highest BCUT2D eigenvalue weighted by Crippen LogP contribution is 2.10. The summed E-state index contributed by atoms with van der Waals surface area (Å²) in [6, 6.07) is 1.84. The van der Waals surface area contributed by atoms with Gasteiger partial charge in [0.2, 0.25) is 5.95 Å². The van der Waals surface area contributed by atoms with Crippen molar-refractivity contribution in [2.45, 2.75) is 12.8 Å². The van der Waals surface area contributed by atoms with E-state index in [-0.39, 0.29) is 5.69 Å². The zero-order valence-electron chi connectivity index (χ0n) is 14.5. The predicted octanol–water partition coefficient (Wildman–Crippen LogP) is -0.0204. The van der Waals surface area contributed by atoms with Gasteiger partial charge in [-0.2, -0.15) is 10.1 Å². The molecule has 9 heteroatoms. The minimum atomic E-state index is -0.342. The van der Waals surface area contributed by atoms with Gasteiger partial charge in [0.15, 0.2) is 5.82 Å². The molecule has 2 aromatic heterocycles. The average molecular weight is 344 g/mol. The molecule has 1 N–H and O–H groups in total. The fourth-order valence-electron chi connectivity index (χ4n) is 2.78. The Bertz CT molecular complexity index is 712. The smallest absolute Gasteiger partial charge is 0.365 e. The van der Waals surface area contributed by atoms with E-state index in [0.717, 1.165) is 58.1 Å². The Labute approximate surface area is 146 Å². The van der Waals surface area contributed by atoms with Gasteiger partial charge in [0.1, 0.15) is 0 Å². The Hall–Kier alpha value is -2.55. The van der Waals surface area contributed by atoms with Gasteiger partial charge in [-0.25, -0.2) is 19.4 Å². The van der Waals surface area contributed by atoms with Crippen LogP contribution in [-0.2, 0) is 7.05 Å². The van der Waals surface area contributed by atoms with Crippen LogP contribution in [0, 0.1) is 0 Å². The van der Waals surface area contributed by atoms with Gasteiger partial charge in [0.05, 0.1) is 6.20 Å². The Kier molecular flexibility index (Phi) is 5.89. The standard InChI is InChI=1S/C16H24N8O/c1-22-16(25)21-14(13-20-22)17-5-2-3-8-23-9-11-24(12-10-23)15-18-6-4-7-19-15/h4,6-7,13H,2-3,5,8-12H2,1H3,(H,17,21,25). The van der Waals surface area contributed by atoms with Crippen LogP contribution >= 0.6 is 0 Å². The van der Waals surface area contributed by atoms with Crippen LogP contribution in [0.15, 0.2) is 29.5 Å². The van der Waals surface area contributed by atoms with Gasteiger partial charge in [-0.3, -0.25) is 4.90 Å². The number of unbranched alkanes of at least 4 members (excludes halogenated alkanes) is 1. The zero-order valence-corrected chi connectivity index (χ0v) is 14.5. The molecule has 0 atom stereocenters. The summed E-state index contributed by atoms with van der Waals surface area (Å²) in [6.07, 6.45) is 7.28. The minimum absolute atomic E-state index is 0.342. The third kappa shape index (κ3) is 4.96. The lowest BCUT2D eigenvalue weighted by Crippen LogP contribution is -2.47. The molecule has 0 spiro atoms. The molecule has 1 fully saturated rings. The molecule has 0 unspecified atom stereocenters. The van der Waals surface area contributed by atoms with Crippen molar-refractivity contribution in [3.63, 3.8) is 0 Å². The van der Waals surface area contributed by atoms with Crippen molar-refractivity contribution < 1.29 is 0 Å². The van der Waals surface area contributed by atoms with Crippen molar-refractivity contribution in [2.75, 3.05) is 49.5 Å².